The molecule has 0 aromatic carbocycles. The van der Waals surface area contributed by atoms with Crippen LogP contribution in [0.2, 0.25) is 0 Å². The van der Waals surface area contributed by atoms with E-state index in [1.54, 1.807) is 0 Å². The van der Waals surface area contributed by atoms with Gasteiger partial charge in [0, 0.05) is 19.0 Å². The second-order valence-electron chi connectivity index (χ2n) is 6.32. The zero-order chi connectivity index (χ0) is 12.0. The van der Waals surface area contributed by atoms with E-state index >= 15 is 0 Å². The van der Waals surface area contributed by atoms with Crippen LogP contribution < -0.4 is 5.32 Å². The average Bonchev–Trinajstić information content (AvgIpc) is 3.07. The molecule has 0 aromatic rings. The van der Waals surface area contributed by atoms with Crippen molar-refractivity contribution in [3.63, 3.8) is 0 Å². The lowest BCUT2D eigenvalue weighted by molar-refractivity contribution is -0.139. The van der Waals surface area contributed by atoms with E-state index < -0.39 is 0 Å². The zero-order valence-corrected chi connectivity index (χ0v) is 12.2. The number of rotatable bonds is 5. The number of nitrogens with zero attached hydrogens (tertiary/aromatic N) is 1. The molecule has 0 aromatic heterocycles. The zero-order valence-electron chi connectivity index (χ0n) is 11.4. The summed E-state index contributed by atoms with van der Waals surface area (Å²) in [6.07, 6.45) is 5.38. The Bertz CT molecular complexity index is 299. The summed E-state index contributed by atoms with van der Waals surface area (Å²) in [6, 6.07) is 0.568. The molecule has 18 heavy (non-hydrogen) atoms. The molecule has 1 atom stereocenters. The summed E-state index contributed by atoms with van der Waals surface area (Å²) in [7, 11) is 2.05. The minimum absolute atomic E-state index is 0. The lowest BCUT2D eigenvalue weighted by Crippen LogP contribution is -2.52. The van der Waals surface area contributed by atoms with Crippen LogP contribution in [0.15, 0.2) is 0 Å². The topological polar surface area (TPSA) is 32.3 Å². The number of amides is 1. The molecule has 1 unspecified atom stereocenters. The molecule has 1 N–H and O–H groups in total. The number of hydrogen-bond donors (Lipinski definition) is 1. The van der Waals surface area contributed by atoms with Gasteiger partial charge in [0.05, 0.1) is 0 Å². The van der Waals surface area contributed by atoms with Crippen molar-refractivity contribution in [2.24, 2.45) is 23.7 Å². The molecular weight excluding hydrogens is 248 g/mol. The van der Waals surface area contributed by atoms with E-state index in [0.29, 0.717) is 17.9 Å². The van der Waals surface area contributed by atoms with Gasteiger partial charge in [0.15, 0.2) is 0 Å². The van der Waals surface area contributed by atoms with Gasteiger partial charge in [-0.25, -0.2) is 0 Å². The molecule has 1 heterocycles. The van der Waals surface area contributed by atoms with Gasteiger partial charge in [-0.2, -0.15) is 0 Å². The monoisotopic (exact) mass is 272 g/mol. The first-order chi connectivity index (χ1) is 8.18. The molecule has 1 amide bonds. The molecule has 0 bridgehead atoms. The molecule has 2 aliphatic carbocycles. The fourth-order valence-corrected chi connectivity index (χ4v) is 3.23. The minimum atomic E-state index is 0. The van der Waals surface area contributed by atoms with Crippen molar-refractivity contribution in [2.75, 3.05) is 20.1 Å². The van der Waals surface area contributed by atoms with Gasteiger partial charge in [-0.1, -0.05) is 6.92 Å². The van der Waals surface area contributed by atoms with Crippen molar-refractivity contribution in [1.82, 2.24) is 10.2 Å². The highest BCUT2D eigenvalue weighted by molar-refractivity contribution is 5.85. The first-order valence-corrected chi connectivity index (χ1v) is 7.16. The van der Waals surface area contributed by atoms with Crippen molar-refractivity contribution in [2.45, 2.75) is 38.6 Å². The predicted octanol–water partition coefficient (Wildman–Crippen LogP) is 1.91. The van der Waals surface area contributed by atoms with Crippen molar-refractivity contribution in [3.05, 3.63) is 0 Å². The molecule has 1 saturated heterocycles. The van der Waals surface area contributed by atoms with Crippen LogP contribution in [0.25, 0.3) is 0 Å². The van der Waals surface area contributed by atoms with Crippen LogP contribution >= 0.6 is 12.4 Å². The highest BCUT2D eigenvalue weighted by Gasteiger charge is 2.46. The van der Waals surface area contributed by atoms with E-state index in [4.69, 9.17) is 0 Å². The van der Waals surface area contributed by atoms with Gasteiger partial charge < -0.3 is 10.2 Å². The van der Waals surface area contributed by atoms with Crippen LogP contribution in [0.3, 0.4) is 0 Å². The lowest BCUT2D eigenvalue weighted by atomic mass is 9.87. The van der Waals surface area contributed by atoms with Crippen molar-refractivity contribution in [1.29, 1.82) is 0 Å². The maximum Gasteiger partial charge on any atom is 0.225 e. The molecule has 2 saturated carbocycles. The first kappa shape index (κ1) is 14.1. The van der Waals surface area contributed by atoms with Crippen LogP contribution in [0.1, 0.15) is 32.6 Å². The molecule has 3 aliphatic rings. The Labute approximate surface area is 116 Å². The van der Waals surface area contributed by atoms with E-state index in [1.807, 2.05) is 7.05 Å². The summed E-state index contributed by atoms with van der Waals surface area (Å²) in [5.74, 6) is 2.82. The van der Waals surface area contributed by atoms with E-state index in [0.717, 1.165) is 24.9 Å². The average molecular weight is 273 g/mol. The molecule has 0 radical (unpaired) electrons. The SMILES string of the molecule is CC(C(=O)N(C)C(C1CC1)C1CC1)C1CNC1.Cl. The molecule has 1 aliphatic heterocycles. The summed E-state index contributed by atoms with van der Waals surface area (Å²) in [4.78, 5) is 14.6. The summed E-state index contributed by atoms with van der Waals surface area (Å²) < 4.78 is 0. The Morgan fingerprint density at radius 3 is 1.94 bits per heavy atom. The minimum Gasteiger partial charge on any atom is -0.342 e. The quantitative estimate of drug-likeness (QED) is 0.829. The fourth-order valence-electron chi connectivity index (χ4n) is 3.23. The molecule has 4 heteroatoms. The second-order valence-corrected chi connectivity index (χ2v) is 6.32. The number of nitrogens with one attached hydrogen (secondary N) is 1. The van der Waals surface area contributed by atoms with E-state index in [9.17, 15) is 4.79 Å². The summed E-state index contributed by atoms with van der Waals surface area (Å²) >= 11 is 0. The van der Waals surface area contributed by atoms with Crippen LogP contribution in [0.5, 0.6) is 0 Å². The van der Waals surface area contributed by atoms with Gasteiger partial charge >= 0.3 is 0 Å². The Kier molecular flexibility index (Phi) is 4.22. The lowest BCUT2D eigenvalue weighted by Gasteiger charge is -2.37. The van der Waals surface area contributed by atoms with Crippen molar-refractivity contribution >= 4 is 18.3 Å². The summed E-state index contributed by atoms with van der Waals surface area (Å²) in [6.45, 7) is 4.16. The van der Waals surface area contributed by atoms with Crippen LogP contribution in [0, 0.1) is 23.7 Å². The number of hydrogen-bond acceptors (Lipinski definition) is 2. The normalized spacial score (nSPS) is 25.3. The van der Waals surface area contributed by atoms with Crippen molar-refractivity contribution < 1.29 is 4.79 Å². The fraction of sp³-hybridized carbons (Fsp3) is 0.929. The van der Waals surface area contributed by atoms with Gasteiger partial charge in [-0.05, 0) is 56.5 Å². The van der Waals surface area contributed by atoms with Crippen LogP contribution in [0.4, 0.5) is 0 Å². The van der Waals surface area contributed by atoms with Gasteiger partial charge in [-0.3, -0.25) is 4.79 Å². The Morgan fingerprint density at radius 2 is 1.61 bits per heavy atom. The third-order valence-corrected chi connectivity index (χ3v) is 4.91. The largest absolute Gasteiger partial charge is 0.342 e. The third-order valence-electron chi connectivity index (χ3n) is 4.91. The number of carbonyl (C=O) groups is 1. The highest BCUT2D eigenvalue weighted by Crippen LogP contribution is 2.47. The Balaban J connectivity index is 0.00000120. The van der Waals surface area contributed by atoms with Crippen molar-refractivity contribution in [3.8, 4) is 0 Å². The van der Waals surface area contributed by atoms with E-state index in [2.05, 4.69) is 17.1 Å². The Hall–Kier alpha value is -0.280. The molecule has 3 fully saturated rings. The number of carbonyl (C=O) groups excluding carboxylic acids is 1. The predicted molar refractivity (Wildman–Crippen MR) is 74.8 cm³/mol. The number of halogens is 1. The second kappa shape index (κ2) is 5.38. The smallest absolute Gasteiger partial charge is 0.225 e. The van der Waals surface area contributed by atoms with E-state index in [1.165, 1.54) is 25.7 Å². The molecule has 3 nitrogen and oxygen atoms in total. The molecule has 3 rings (SSSR count). The first-order valence-electron chi connectivity index (χ1n) is 7.16. The van der Waals surface area contributed by atoms with Gasteiger partial charge in [-0.15, -0.1) is 12.4 Å². The standard InChI is InChI=1S/C14H24N2O.ClH/c1-9(12-7-15-8-12)14(17)16(2)13(10-3-4-10)11-5-6-11;/h9-13,15H,3-8H2,1-2H3;1H. The summed E-state index contributed by atoms with van der Waals surface area (Å²) in [5.41, 5.74) is 0. The van der Waals surface area contributed by atoms with Gasteiger partial charge in [0.25, 0.3) is 0 Å². The Morgan fingerprint density at radius 1 is 1.11 bits per heavy atom. The maximum absolute atomic E-state index is 12.5. The summed E-state index contributed by atoms with van der Waals surface area (Å²) in [5, 5.41) is 3.26. The molecule has 104 valence electrons. The van der Waals surface area contributed by atoms with Gasteiger partial charge in [0.1, 0.15) is 0 Å². The highest BCUT2D eigenvalue weighted by atomic mass is 35.5. The maximum atomic E-state index is 12.5. The van der Waals surface area contributed by atoms with Crippen LogP contribution in [-0.2, 0) is 4.79 Å². The third kappa shape index (κ3) is 2.67. The molecule has 0 spiro atoms. The van der Waals surface area contributed by atoms with E-state index in [-0.39, 0.29) is 18.3 Å². The molecular formula is C14H25ClN2O. The van der Waals surface area contributed by atoms with Crippen LogP contribution in [-0.4, -0.2) is 37.0 Å². The van der Waals surface area contributed by atoms with Gasteiger partial charge in [0.2, 0.25) is 5.91 Å².